The molecular weight excluding hydrogens is 394 g/mol. The zero-order valence-electron chi connectivity index (χ0n) is 17.6. The summed E-state index contributed by atoms with van der Waals surface area (Å²) < 4.78 is 3.40. The molecule has 2 aliphatic rings. The highest BCUT2D eigenvalue weighted by Gasteiger charge is 2.28. The Balaban J connectivity index is 1.72. The topological polar surface area (TPSA) is 98.5 Å². The van der Waals surface area contributed by atoms with E-state index in [2.05, 4.69) is 25.0 Å². The van der Waals surface area contributed by atoms with Crippen LogP contribution in [0.25, 0.3) is 16.1 Å². The molecule has 0 fully saturated rings. The van der Waals surface area contributed by atoms with Crippen LogP contribution in [0.2, 0.25) is 0 Å². The van der Waals surface area contributed by atoms with E-state index in [1.807, 2.05) is 17.8 Å². The molecule has 4 bridgehead atoms. The van der Waals surface area contributed by atoms with Crippen molar-refractivity contribution in [2.45, 2.75) is 39.4 Å². The van der Waals surface area contributed by atoms with Gasteiger partial charge in [0.2, 0.25) is 5.91 Å². The SMILES string of the molecule is [C-]#[N+]c1c2c(nn1C)CN(C)C(=O)CCCn1cc(c(C)n1)C1=NCc3ncc-2nc31. The predicted molar refractivity (Wildman–Crippen MR) is 113 cm³/mol. The Bertz CT molecular complexity index is 1290. The number of carbonyl (C=O) groups is 1. The van der Waals surface area contributed by atoms with Crippen LogP contribution in [-0.4, -0.2) is 53.1 Å². The molecule has 0 radical (unpaired) electrons. The first-order valence-corrected chi connectivity index (χ1v) is 10.1. The standard InChI is InChI=1S/C21H21N9O/c1-12-13-10-30(26-12)7-5-6-17(31)28(3)11-16-18(21(22-2)29(4)27-16)14-8-23-15-9-24-19(13)20(15)25-14/h8,10H,5-7,9,11H2,1,3-4H3. The van der Waals surface area contributed by atoms with Gasteiger partial charge in [-0.15, -0.1) is 5.10 Å². The van der Waals surface area contributed by atoms with Crippen LogP contribution in [-0.2, 0) is 31.5 Å². The number of amides is 1. The lowest BCUT2D eigenvalue weighted by Crippen LogP contribution is -2.26. The van der Waals surface area contributed by atoms with E-state index in [0.29, 0.717) is 60.9 Å². The summed E-state index contributed by atoms with van der Waals surface area (Å²) in [4.78, 5) is 32.2. The van der Waals surface area contributed by atoms with Gasteiger partial charge < -0.3 is 9.74 Å². The minimum absolute atomic E-state index is 0.0189. The van der Waals surface area contributed by atoms with Gasteiger partial charge in [-0.2, -0.15) is 5.10 Å². The zero-order valence-corrected chi connectivity index (χ0v) is 17.6. The van der Waals surface area contributed by atoms with Gasteiger partial charge in [-0.3, -0.25) is 19.5 Å². The number of rotatable bonds is 0. The summed E-state index contributed by atoms with van der Waals surface area (Å²) in [5.41, 5.74) is 5.86. The minimum Gasteiger partial charge on any atom is -0.362 e. The third-order valence-corrected chi connectivity index (χ3v) is 5.70. The molecule has 3 aromatic heterocycles. The van der Waals surface area contributed by atoms with Crippen molar-refractivity contribution >= 4 is 17.4 Å². The largest absolute Gasteiger partial charge is 0.362 e. The molecule has 0 saturated heterocycles. The zero-order chi connectivity index (χ0) is 21.7. The fraction of sp³-hybridized carbons (Fsp3) is 0.381. The quantitative estimate of drug-likeness (QED) is 0.523. The van der Waals surface area contributed by atoms with E-state index in [4.69, 9.17) is 11.6 Å². The van der Waals surface area contributed by atoms with Gasteiger partial charge in [-0.1, -0.05) is 6.57 Å². The van der Waals surface area contributed by atoms with Gasteiger partial charge in [0.15, 0.2) is 0 Å². The first-order chi connectivity index (χ1) is 15.0. The molecule has 31 heavy (non-hydrogen) atoms. The summed E-state index contributed by atoms with van der Waals surface area (Å²) in [7, 11) is 3.48. The van der Waals surface area contributed by atoms with E-state index in [0.717, 1.165) is 22.7 Å². The van der Waals surface area contributed by atoms with E-state index in [1.54, 1.807) is 25.2 Å². The molecule has 10 heteroatoms. The molecular formula is C21H21N9O. The molecule has 0 spiro atoms. The molecule has 0 atom stereocenters. The van der Waals surface area contributed by atoms with Crippen LogP contribution < -0.4 is 0 Å². The second-order valence-electron chi connectivity index (χ2n) is 7.84. The van der Waals surface area contributed by atoms with Crippen LogP contribution in [0.5, 0.6) is 0 Å². The fourth-order valence-corrected chi connectivity index (χ4v) is 4.11. The second kappa shape index (κ2) is 7.12. The predicted octanol–water partition coefficient (Wildman–Crippen LogP) is 2.04. The molecule has 0 unspecified atom stereocenters. The number of hydrogen-bond acceptors (Lipinski definition) is 6. The van der Waals surface area contributed by atoms with E-state index in [1.165, 1.54) is 4.68 Å². The van der Waals surface area contributed by atoms with Crippen LogP contribution in [0.3, 0.4) is 0 Å². The fourth-order valence-electron chi connectivity index (χ4n) is 4.11. The van der Waals surface area contributed by atoms with Crippen LogP contribution in [0.1, 0.15) is 41.2 Å². The maximum Gasteiger partial charge on any atom is 0.261 e. The van der Waals surface area contributed by atoms with E-state index < -0.39 is 0 Å². The number of fused-ring (bicyclic) bond motifs is 6. The van der Waals surface area contributed by atoms with Crippen LogP contribution >= 0.6 is 0 Å². The average molecular weight is 415 g/mol. The number of carbonyl (C=O) groups excluding carboxylic acids is 1. The Kier molecular flexibility index (Phi) is 4.39. The van der Waals surface area contributed by atoms with Crippen molar-refractivity contribution in [1.82, 2.24) is 34.4 Å². The Hall–Kier alpha value is -3.87. The van der Waals surface area contributed by atoms with Gasteiger partial charge in [-0.05, 0) is 13.3 Å². The lowest BCUT2D eigenvalue weighted by atomic mass is 10.1. The molecule has 0 N–H and O–H groups in total. The van der Waals surface area contributed by atoms with Gasteiger partial charge in [0.25, 0.3) is 5.82 Å². The summed E-state index contributed by atoms with van der Waals surface area (Å²) in [5.74, 6) is 0.389. The smallest absolute Gasteiger partial charge is 0.261 e. The first-order valence-electron chi connectivity index (χ1n) is 10.1. The molecule has 5 rings (SSSR count). The molecule has 0 aliphatic carbocycles. The lowest BCUT2D eigenvalue weighted by Gasteiger charge is -2.16. The molecule has 1 amide bonds. The number of aryl methyl sites for hydroxylation is 3. The van der Waals surface area contributed by atoms with E-state index >= 15 is 0 Å². The second-order valence-corrected chi connectivity index (χ2v) is 7.84. The minimum atomic E-state index is 0.0189. The van der Waals surface area contributed by atoms with Crippen molar-refractivity contribution in [2.75, 3.05) is 7.05 Å². The average Bonchev–Trinajstić information content (AvgIpc) is 3.41. The number of aliphatic imine (C=N–C) groups is 1. The Labute approximate surface area is 179 Å². The van der Waals surface area contributed by atoms with Gasteiger partial charge in [0.05, 0.1) is 54.7 Å². The molecule has 0 aromatic carbocycles. The third kappa shape index (κ3) is 3.09. The van der Waals surface area contributed by atoms with Gasteiger partial charge in [-0.25, -0.2) is 9.67 Å². The number of aromatic nitrogens is 6. The summed E-state index contributed by atoms with van der Waals surface area (Å²) in [6.45, 7) is 11.0. The number of nitrogens with zero attached hydrogens (tertiary/aromatic N) is 9. The molecule has 3 aromatic rings. The lowest BCUT2D eigenvalue weighted by molar-refractivity contribution is -0.130. The summed E-state index contributed by atoms with van der Waals surface area (Å²) >= 11 is 0. The van der Waals surface area contributed by atoms with Crippen molar-refractivity contribution in [3.63, 3.8) is 0 Å². The normalized spacial score (nSPS) is 15.7. The Morgan fingerprint density at radius 1 is 1.19 bits per heavy atom. The van der Waals surface area contributed by atoms with E-state index in [-0.39, 0.29) is 5.91 Å². The summed E-state index contributed by atoms with van der Waals surface area (Å²) in [6.07, 6.45) is 4.72. The van der Waals surface area contributed by atoms with Crippen molar-refractivity contribution in [3.05, 3.63) is 52.2 Å². The maximum atomic E-state index is 12.7. The molecule has 2 aliphatic heterocycles. The highest BCUT2D eigenvalue weighted by molar-refractivity contribution is 6.14. The maximum absolute atomic E-state index is 12.7. The highest BCUT2D eigenvalue weighted by Crippen LogP contribution is 2.34. The monoisotopic (exact) mass is 415 g/mol. The highest BCUT2D eigenvalue weighted by atomic mass is 16.2. The van der Waals surface area contributed by atoms with Crippen LogP contribution in [0.15, 0.2) is 17.4 Å². The van der Waals surface area contributed by atoms with Crippen LogP contribution in [0.4, 0.5) is 5.82 Å². The van der Waals surface area contributed by atoms with Crippen molar-refractivity contribution in [2.24, 2.45) is 12.0 Å². The van der Waals surface area contributed by atoms with Gasteiger partial charge in [0, 0.05) is 31.8 Å². The summed E-state index contributed by atoms with van der Waals surface area (Å²) in [6, 6.07) is 0. The Morgan fingerprint density at radius 3 is 2.84 bits per heavy atom. The molecule has 156 valence electrons. The van der Waals surface area contributed by atoms with Crippen molar-refractivity contribution < 1.29 is 4.79 Å². The molecule has 10 nitrogen and oxygen atoms in total. The van der Waals surface area contributed by atoms with Crippen molar-refractivity contribution in [3.8, 4) is 11.3 Å². The third-order valence-electron chi connectivity index (χ3n) is 5.70. The van der Waals surface area contributed by atoms with E-state index in [9.17, 15) is 4.79 Å². The van der Waals surface area contributed by atoms with Gasteiger partial charge in [0.1, 0.15) is 11.4 Å². The molecule has 5 heterocycles. The number of hydrogen-bond donors (Lipinski definition) is 0. The summed E-state index contributed by atoms with van der Waals surface area (Å²) in [5, 5.41) is 9.13. The Morgan fingerprint density at radius 2 is 2.03 bits per heavy atom. The van der Waals surface area contributed by atoms with Crippen LogP contribution in [0, 0.1) is 13.5 Å². The van der Waals surface area contributed by atoms with Crippen molar-refractivity contribution in [1.29, 1.82) is 0 Å². The van der Waals surface area contributed by atoms with Gasteiger partial charge >= 0.3 is 0 Å². The first kappa shape index (κ1) is 19.1. The molecule has 0 saturated carbocycles.